The third-order valence-electron chi connectivity index (χ3n) is 5.06. The molecule has 0 N–H and O–H groups in total. The highest BCUT2D eigenvalue weighted by atomic mass is 32.2. The lowest BCUT2D eigenvalue weighted by Crippen LogP contribution is -2.35. The molecule has 0 amide bonds. The quantitative estimate of drug-likeness (QED) is 0.455. The van der Waals surface area contributed by atoms with E-state index in [1.165, 1.54) is 11.8 Å². The van der Waals surface area contributed by atoms with Crippen molar-refractivity contribution >= 4 is 21.8 Å². The van der Waals surface area contributed by atoms with Crippen LogP contribution >= 0.6 is 11.8 Å². The zero-order chi connectivity index (χ0) is 21.7. The second-order valence-electron chi connectivity index (χ2n) is 7.20. The molecule has 0 bridgehead atoms. The monoisotopic (exact) mass is 459 g/mol. The average Bonchev–Trinajstić information content (AvgIpc) is 3.29. The van der Waals surface area contributed by atoms with Gasteiger partial charge < -0.3 is 9.15 Å². The Morgan fingerprint density at radius 2 is 1.87 bits per heavy atom. The van der Waals surface area contributed by atoms with E-state index in [9.17, 15) is 8.42 Å². The van der Waals surface area contributed by atoms with Crippen molar-refractivity contribution in [3.8, 4) is 17.2 Å². The van der Waals surface area contributed by atoms with Gasteiger partial charge in [0, 0.05) is 30.0 Å². The van der Waals surface area contributed by atoms with E-state index in [4.69, 9.17) is 9.15 Å². The van der Waals surface area contributed by atoms with Crippen molar-refractivity contribution in [1.29, 1.82) is 0 Å². The lowest BCUT2D eigenvalue weighted by Gasteiger charge is -2.25. The van der Waals surface area contributed by atoms with Crippen LogP contribution in [0.3, 0.4) is 0 Å². The third-order valence-corrected chi connectivity index (χ3v) is 7.83. The Morgan fingerprint density at radius 1 is 1.06 bits per heavy atom. The highest BCUT2D eigenvalue weighted by Crippen LogP contribution is 2.30. The maximum Gasteiger partial charge on any atom is 0.277 e. The number of sulfonamides is 1. The summed E-state index contributed by atoms with van der Waals surface area (Å²) >= 11 is 1.41. The van der Waals surface area contributed by atoms with E-state index >= 15 is 0 Å². The fourth-order valence-electron chi connectivity index (χ4n) is 3.49. The number of thioether (sulfide) groups is 1. The lowest BCUT2D eigenvalue weighted by atomic mass is 10.2. The molecule has 0 saturated carbocycles. The van der Waals surface area contributed by atoms with Gasteiger partial charge in [-0.05, 0) is 44.0 Å². The second-order valence-corrected chi connectivity index (χ2v) is 10.1. The molecule has 2 aromatic carbocycles. The first-order valence-corrected chi connectivity index (χ1v) is 12.8. The van der Waals surface area contributed by atoms with Crippen molar-refractivity contribution in [2.75, 3.05) is 19.7 Å². The van der Waals surface area contributed by atoms with E-state index in [0.29, 0.717) is 42.1 Å². The molecule has 1 aromatic heterocycles. The van der Waals surface area contributed by atoms with Crippen LogP contribution in [0, 0.1) is 0 Å². The average molecular weight is 460 g/mol. The summed E-state index contributed by atoms with van der Waals surface area (Å²) in [6.45, 7) is 3.69. The zero-order valence-electron chi connectivity index (χ0n) is 17.4. The van der Waals surface area contributed by atoms with Gasteiger partial charge in [-0.25, -0.2) is 8.42 Å². The third kappa shape index (κ3) is 5.11. The molecule has 1 aliphatic rings. The van der Waals surface area contributed by atoms with Gasteiger partial charge in [-0.1, -0.05) is 42.4 Å². The van der Waals surface area contributed by atoms with E-state index in [2.05, 4.69) is 10.2 Å². The van der Waals surface area contributed by atoms with E-state index in [-0.39, 0.29) is 4.90 Å². The van der Waals surface area contributed by atoms with Crippen LogP contribution in [0.4, 0.5) is 0 Å². The van der Waals surface area contributed by atoms with Crippen LogP contribution in [0.5, 0.6) is 5.75 Å². The van der Waals surface area contributed by atoms with Crippen molar-refractivity contribution < 1.29 is 17.6 Å². The highest BCUT2D eigenvalue weighted by Gasteiger charge is 2.26. The zero-order valence-corrected chi connectivity index (χ0v) is 19.0. The standard InChI is InChI=1S/C22H25N3O4S2/c1-2-28-20-12-5-4-9-18(20)16-30-22-24-23-21(29-22)17-10-8-11-19(15-17)31(26,27)25-13-6-3-7-14-25/h4-5,8-12,15H,2-3,6-7,13-14,16H2,1H3. The first-order valence-electron chi connectivity index (χ1n) is 10.4. The van der Waals surface area contributed by atoms with Gasteiger partial charge in [0.05, 0.1) is 11.5 Å². The molecule has 1 fully saturated rings. The Labute approximate surface area is 186 Å². The van der Waals surface area contributed by atoms with Crippen molar-refractivity contribution in [3.05, 3.63) is 54.1 Å². The van der Waals surface area contributed by atoms with E-state index < -0.39 is 10.0 Å². The molecule has 7 nitrogen and oxygen atoms in total. The molecular weight excluding hydrogens is 434 g/mol. The van der Waals surface area contributed by atoms with Crippen LogP contribution in [0.1, 0.15) is 31.7 Å². The molecule has 0 spiro atoms. The molecule has 0 aliphatic carbocycles. The number of hydrogen-bond donors (Lipinski definition) is 0. The maximum atomic E-state index is 13.0. The van der Waals surface area contributed by atoms with Crippen molar-refractivity contribution in [2.24, 2.45) is 0 Å². The number of benzene rings is 2. The van der Waals surface area contributed by atoms with Crippen LogP contribution in [0.2, 0.25) is 0 Å². The molecule has 3 aromatic rings. The van der Waals surface area contributed by atoms with Gasteiger partial charge in [-0.2, -0.15) is 4.31 Å². The SMILES string of the molecule is CCOc1ccccc1CSc1nnc(-c2cccc(S(=O)(=O)N3CCCCC3)c2)o1. The highest BCUT2D eigenvalue weighted by molar-refractivity contribution is 7.98. The number of para-hydroxylation sites is 1. The summed E-state index contributed by atoms with van der Waals surface area (Å²) in [5.41, 5.74) is 1.64. The summed E-state index contributed by atoms with van der Waals surface area (Å²) < 4.78 is 38.9. The minimum Gasteiger partial charge on any atom is -0.494 e. The van der Waals surface area contributed by atoms with Gasteiger partial charge in [-0.15, -0.1) is 10.2 Å². The summed E-state index contributed by atoms with van der Waals surface area (Å²) in [4.78, 5) is 0.255. The Bertz CT molecular complexity index is 1130. The molecule has 1 aliphatic heterocycles. The predicted octanol–water partition coefficient (Wildman–Crippen LogP) is 4.60. The molecule has 0 unspecified atom stereocenters. The summed E-state index contributed by atoms with van der Waals surface area (Å²) in [5, 5.41) is 8.65. The summed E-state index contributed by atoms with van der Waals surface area (Å²) in [6.07, 6.45) is 2.87. The first kappa shape index (κ1) is 21.9. The van der Waals surface area contributed by atoms with Gasteiger partial charge in [-0.3, -0.25) is 0 Å². The van der Waals surface area contributed by atoms with E-state index in [1.54, 1.807) is 28.6 Å². The first-order chi connectivity index (χ1) is 15.1. The minimum absolute atomic E-state index is 0.255. The lowest BCUT2D eigenvalue weighted by molar-refractivity contribution is 0.337. The molecule has 0 atom stereocenters. The van der Waals surface area contributed by atoms with Crippen LogP contribution in [0.15, 0.2) is 63.1 Å². The Hall–Kier alpha value is -2.36. The number of aromatic nitrogens is 2. The second kappa shape index (κ2) is 9.84. The van der Waals surface area contributed by atoms with Crippen molar-refractivity contribution in [3.63, 3.8) is 0 Å². The predicted molar refractivity (Wildman–Crippen MR) is 120 cm³/mol. The molecular formula is C22H25N3O4S2. The summed E-state index contributed by atoms with van der Waals surface area (Å²) in [7, 11) is -3.52. The maximum absolute atomic E-state index is 13.0. The summed E-state index contributed by atoms with van der Waals surface area (Å²) in [6, 6.07) is 14.6. The fraction of sp³-hybridized carbons (Fsp3) is 0.364. The topological polar surface area (TPSA) is 85.5 Å². The number of hydrogen-bond acceptors (Lipinski definition) is 7. The summed E-state index contributed by atoms with van der Waals surface area (Å²) in [5.74, 6) is 1.77. The minimum atomic E-state index is -3.52. The molecule has 2 heterocycles. The van der Waals surface area contributed by atoms with Crippen molar-refractivity contribution in [1.82, 2.24) is 14.5 Å². The molecule has 164 valence electrons. The molecule has 31 heavy (non-hydrogen) atoms. The van der Waals surface area contributed by atoms with Gasteiger partial charge in [0.15, 0.2) is 0 Å². The Morgan fingerprint density at radius 3 is 2.68 bits per heavy atom. The number of ether oxygens (including phenoxy) is 1. The Kier molecular flexibility index (Phi) is 6.94. The van der Waals surface area contributed by atoms with Gasteiger partial charge in [0.25, 0.3) is 5.22 Å². The smallest absolute Gasteiger partial charge is 0.277 e. The Balaban J connectivity index is 1.49. The molecule has 4 rings (SSSR count). The van der Waals surface area contributed by atoms with Crippen LogP contribution in [0.25, 0.3) is 11.5 Å². The normalized spacial score (nSPS) is 15.1. The van der Waals surface area contributed by atoms with E-state index in [1.807, 2.05) is 31.2 Å². The number of rotatable bonds is 8. The number of piperidine rings is 1. The van der Waals surface area contributed by atoms with Crippen LogP contribution < -0.4 is 4.74 Å². The number of nitrogens with zero attached hydrogens (tertiary/aromatic N) is 3. The van der Waals surface area contributed by atoms with Crippen molar-refractivity contribution in [2.45, 2.75) is 42.1 Å². The molecule has 9 heteroatoms. The van der Waals surface area contributed by atoms with Crippen LogP contribution in [-0.4, -0.2) is 42.6 Å². The molecule has 1 saturated heterocycles. The van der Waals surface area contributed by atoms with Gasteiger partial charge in [0.1, 0.15) is 5.75 Å². The van der Waals surface area contributed by atoms with Crippen LogP contribution in [-0.2, 0) is 15.8 Å². The fourth-order valence-corrected chi connectivity index (χ4v) is 5.80. The van der Waals surface area contributed by atoms with Gasteiger partial charge >= 0.3 is 0 Å². The van der Waals surface area contributed by atoms with Gasteiger partial charge in [0.2, 0.25) is 15.9 Å². The van der Waals surface area contributed by atoms with E-state index in [0.717, 1.165) is 30.6 Å². The largest absolute Gasteiger partial charge is 0.494 e. The molecule has 0 radical (unpaired) electrons.